The van der Waals surface area contributed by atoms with E-state index in [0.717, 1.165) is 19.3 Å². The molecule has 0 radical (unpaired) electrons. The second-order valence-electron chi connectivity index (χ2n) is 5.45. The zero-order chi connectivity index (χ0) is 13.1. The number of carbonyl (C=O) groups is 2. The Balaban J connectivity index is 2.83. The number of nitrogens with zero attached hydrogens (tertiary/aromatic N) is 1. The molecule has 0 atom stereocenters. The fraction of sp³-hybridized carbons (Fsp3) is 0.846. The average molecular weight is 241 g/mol. The SMILES string of the molecule is CC(C)CC(=O)N(C)C1(C(=O)O)CCCCC1. The Kier molecular flexibility index (Phi) is 4.54. The Hall–Kier alpha value is -1.06. The fourth-order valence-electron chi connectivity index (χ4n) is 2.55. The Morgan fingerprint density at radius 2 is 1.76 bits per heavy atom. The molecule has 0 unspecified atom stereocenters. The van der Waals surface area contributed by atoms with Gasteiger partial charge in [-0.25, -0.2) is 4.79 Å². The van der Waals surface area contributed by atoms with Gasteiger partial charge < -0.3 is 10.0 Å². The number of aliphatic carboxylic acids is 1. The molecule has 1 amide bonds. The number of rotatable bonds is 4. The van der Waals surface area contributed by atoms with Crippen LogP contribution in [0.15, 0.2) is 0 Å². The molecule has 0 aromatic heterocycles. The number of likely N-dealkylation sites (N-methyl/N-ethyl adjacent to an activating group) is 1. The third-order valence-electron chi connectivity index (χ3n) is 3.68. The van der Waals surface area contributed by atoms with Gasteiger partial charge in [0.1, 0.15) is 5.54 Å². The van der Waals surface area contributed by atoms with Gasteiger partial charge in [-0.05, 0) is 18.8 Å². The predicted octanol–water partition coefficient (Wildman–Crippen LogP) is 2.28. The highest BCUT2D eigenvalue weighted by molar-refractivity contribution is 5.87. The van der Waals surface area contributed by atoms with E-state index in [4.69, 9.17) is 0 Å². The van der Waals surface area contributed by atoms with Gasteiger partial charge in [0.05, 0.1) is 0 Å². The molecular weight excluding hydrogens is 218 g/mol. The largest absolute Gasteiger partial charge is 0.479 e. The van der Waals surface area contributed by atoms with Gasteiger partial charge in [-0.2, -0.15) is 0 Å². The molecule has 1 aliphatic carbocycles. The van der Waals surface area contributed by atoms with Crippen LogP contribution in [0.3, 0.4) is 0 Å². The first-order valence-electron chi connectivity index (χ1n) is 6.40. The maximum atomic E-state index is 12.0. The first-order chi connectivity index (χ1) is 7.90. The number of hydrogen-bond acceptors (Lipinski definition) is 2. The molecule has 1 saturated carbocycles. The van der Waals surface area contributed by atoms with Gasteiger partial charge in [-0.1, -0.05) is 33.1 Å². The maximum absolute atomic E-state index is 12.0. The summed E-state index contributed by atoms with van der Waals surface area (Å²) in [5.74, 6) is -0.638. The zero-order valence-corrected chi connectivity index (χ0v) is 11.0. The summed E-state index contributed by atoms with van der Waals surface area (Å²) in [6.07, 6.45) is 4.45. The molecule has 0 saturated heterocycles. The van der Waals surface area contributed by atoms with Crippen molar-refractivity contribution in [3.05, 3.63) is 0 Å². The van der Waals surface area contributed by atoms with Crippen molar-refractivity contribution >= 4 is 11.9 Å². The Bertz CT molecular complexity index is 293. The average Bonchev–Trinajstić information content (AvgIpc) is 2.27. The van der Waals surface area contributed by atoms with Crippen molar-refractivity contribution in [1.29, 1.82) is 0 Å². The summed E-state index contributed by atoms with van der Waals surface area (Å²) >= 11 is 0. The topological polar surface area (TPSA) is 57.6 Å². The highest BCUT2D eigenvalue weighted by Crippen LogP contribution is 2.33. The summed E-state index contributed by atoms with van der Waals surface area (Å²) in [4.78, 5) is 25.0. The number of carboxylic acid groups (broad SMARTS) is 1. The Morgan fingerprint density at radius 1 is 1.24 bits per heavy atom. The molecule has 0 heterocycles. The van der Waals surface area contributed by atoms with Gasteiger partial charge in [0.2, 0.25) is 5.91 Å². The van der Waals surface area contributed by atoms with Crippen molar-refractivity contribution in [2.75, 3.05) is 7.05 Å². The summed E-state index contributed by atoms with van der Waals surface area (Å²) < 4.78 is 0. The van der Waals surface area contributed by atoms with Gasteiger partial charge in [0, 0.05) is 13.5 Å². The van der Waals surface area contributed by atoms with Crippen LogP contribution in [0.2, 0.25) is 0 Å². The van der Waals surface area contributed by atoms with Crippen LogP contribution in [0.5, 0.6) is 0 Å². The maximum Gasteiger partial charge on any atom is 0.329 e. The molecular formula is C13H23NO3. The minimum absolute atomic E-state index is 0.0516. The Labute approximate surface area is 103 Å². The lowest BCUT2D eigenvalue weighted by Crippen LogP contribution is -2.56. The van der Waals surface area contributed by atoms with E-state index in [-0.39, 0.29) is 11.8 Å². The molecule has 4 heteroatoms. The molecule has 1 fully saturated rings. The van der Waals surface area contributed by atoms with Crippen LogP contribution in [0.4, 0.5) is 0 Å². The van der Waals surface area contributed by atoms with E-state index < -0.39 is 11.5 Å². The molecule has 0 aliphatic heterocycles. The molecule has 98 valence electrons. The van der Waals surface area contributed by atoms with E-state index in [1.54, 1.807) is 7.05 Å². The molecule has 0 spiro atoms. The molecule has 0 aromatic rings. The van der Waals surface area contributed by atoms with Crippen LogP contribution < -0.4 is 0 Å². The normalized spacial score (nSPS) is 19.1. The van der Waals surface area contributed by atoms with Gasteiger partial charge in [-0.3, -0.25) is 4.79 Å². The standard InChI is InChI=1S/C13H23NO3/c1-10(2)9-11(15)14(3)13(12(16)17)7-5-4-6-8-13/h10H,4-9H2,1-3H3,(H,16,17). The first kappa shape index (κ1) is 14.0. The van der Waals surface area contributed by atoms with Crippen LogP contribution in [-0.4, -0.2) is 34.5 Å². The van der Waals surface area contributed by atoms with E-state index >= 15 is 0 Å². The molecule has 0 aromatic carbocycles. The van der Waals surface area contributed by atoms with E-state index in [0.29, 0.717) is 19.3 Å². The Morgan fingerprint density at radius 3 is 2.18 bits per heavy atom. The van der Waals surface area contributed by atoms with Crippen LogP contribution in [-0.2, 0) is 9.59 Å². The smallest absolute Gasteiger partial charge is 0.329 e. The monoisotopic (exact) mass is 241 g/mol. The molecule has 1 aliphatic rings. The molecule has 1 N–H and O–H groups in total. The third-order valence-corrected chi connectivity index (χ3v) is 3.68. The van der Waals surface area contributed by atoms with Crippen molar-refractivity contribution in [3.63, 3.8) is 0 Å². The highest BCUT2D eigenvalue weighted by Gasteiger charge is 2.45. The third kappa shape index (κ3) is 2.99. The van der Waals surface area contributed by atoms with Crippen molar-refractivity contribution in [2.45, 2.75) is 57.9 Å². The van der Waals surface area contributed by atoms with E-state index in [1.807, 2.05) is 13.8 Å². The number of hydrogen-bond donors (Lipinski definition) is 1. The van der Waals surface area contributed by atoms with Crippen molar-refractivity contribution < 1.29 is 14.7 Å². The second-order valence-corrected chi connectivity index (χ2v) is 5.45. The molecule has 0 bridgehead atoms. The number of carboxylic acids is 1. The van der Waals surface area contributed by atoms with Crippen LogP contribution in [0.25, 0.3) is 0 Å². The summed E-state index contributed by atoms with van der Waals surface area (Å²) in [7, 11) is 1.64. The van der Waals surface area contributed by atoms with Crippen molar-refractivity contribution in [1.82, 2.24) is 4.90 Å². The number of carbonyl (C=O) groups excluding carboxylic acids is 1. The number of amides is 1. The lowest BCUT2D eigenvalue weighted by atomic mass is 9.80. The van der Waals surface area contributed by atoms with Crippen LogP contribution in [0, 0.1) is 5.92 Å². The van der Waals surface area contributed by atoms with Crippen molar-refractivity contribution in [2.24, 2.45) is 5.92 Å². The zero-order valence-electron chi connectivity index (χ0n) is 11.0. The quantitative estimate of drug-likeness (QED) is 0.821. The minimum Gasteiger partial charge on any atom is -0.479 e. The molecule has 1 rings (SSSR count). The summed E-state index contributed by atoms with van der Waals surface area (Å²) in [6, 6.07) is 0. The fourth-order valence-corrected chi connectivity index (χ4v) is 2.55. The van der Waals surface area contributed by atoms with Crippen LogP contribution in [0.1, 0.15) is 52.4 Å². The van der Waals surface area contributed by atoms with Crippen molar-refractivity contribution in [3.8, 4) is 0 Å². The molecule has 17 heavy (non-hydrogen) atoms. The molecule has 4 nitrogen and oxygen atoms in total. The predicted molar refractivity (Wildman–Crippen MR) is 65.7 cm³/mol. The van der Waals surface area contributed by atoms with E-state index in [9.17, 15) is 14.7 Å². The van der Waals surface area contributed by atoms with Gasteiger partial charge in [-0.15, -0.1) is 0 Å². The summed E-state index contributed by atoms with van der Waals surface area (Å²) in [5.41, 5.74) is -0.954. The summed E-state index contributed by atoms with van der Waals surface area (Å²) in [5, 5.41) is 9.45. The van der Waals surface area contributed by atoms with E-state index in [2.05, 4.69) is 0 Å². The lowest BCUT2D eigenvalue weighted by Gasteiger charge is -2.41. The van der Waals surface area contributed by atoms with Gasteiger partial charge in [0.15, 0.2) is 0 Å². The summed E-state index contributed by atoms with van der Waals surface area (Å²) in [6.45, 7) is 3.94. The highest BCUT2D eigenvalue weighted by atomic mass is 16.4. The lowest BCUT2D eigenvalue weighted by molar-refractivity contribution is -0.160. The van der Waals surface area contributed by atoms with Crippen LogP contribution >= 0.6 is 0 Å². The first-order valence-corrected chi connectivity index (χ1v) is 6.40. The minimum atomic E-state index is -0.954. The van der Waals surface area contributed by atoms with E-state index in [1.165, 1.54) is 4.90 Å². The van der Waals surface area contributed by atoms with Gasteiger partial charge >= 0.3 is 5.97 Å². The van der Waals surface area contributed by atoms with Gasteiger partial charge in [0.25, 0.3) is 0 Å². The second kappa shape index (κ2) is 5.52.